The van der Waals surface area contributed by atoms with E-state index in [1.165, 1.54) is 60.3 Å². The number of aryl methyl sites for hydroxylation is 3. The monoisotopic (exact) mass is 406 g/mol. The lowest BCUT2D eigenvalue weighted by Crippen LogP contribution is -2.30. The summed E-state index contributed by atoms with van der Waals surface area (Å²) in [6, 6.07) is 15.9. The number of para-hydroxylation sites is 1. The highest BCUT2D eigenvalue weighted by Crippen LogP contribution is 2.41. The molecule has 3 aromatic heterocycles. The largest absolute Gasteiger partial charge is 0.308 e. The molecule has 3 heterocycles. The Morgan fingerprint density at radius 2 is 1.71 bits per heavy atom. The third-order valence-corrected chi connectivity index (χ3v) is 6.81. The zero-order chi connectivity index (χ0) is 21.7. The molecule has 0 unspecified atom stereocenters. The van der Waals surface area contributed by atoms with Gasteiger partial charge in [-0.1, -0.05) is 39.0 Å². The van der Waals surface area contributed by atoms with Crippen molar-refractivity contribution >= 4 is 49.1 Å². The Hall–Kier alpha value is -3.20. The molecule has 0 aliphatic rings. The Bertz CT molecular complexity index is 1660. The van der Waals surface area contributed by atoms with Gasteiger partial charge in [-0.15, -0.1) is 0 Å². The molecular formula is C28H28N3+. The Morgan fingerprint density at radius 1 is 0.935 bits per heavy atom. The summed E-state index contributed by atoms with van der Waals surface area (Å²) in [4.78, 5) is 4.88. The molecule has 0 aliphatic carbocycles. The fourth-order valence-corrected chi connectivity index (χ4v) is 5.48. The van der Waals surface area contributed by atoms with Gasteiger partial charge in [-0.05, 0) is 71.6 Å². The van der Waals surface area contributed by atoms with E-state index in [0.29, 0.717) is 0 Å². The van der Waals surface area contributed by atoms with Gasteiger partial charge in [0.1, 0.15) is 5.52 Å². The first-order chi connectivity index (χ1) is 14.7. The standard InChI is InChI=1S/C28H28N3/c1-16-11-20-19-9-7-8-10-22(19)31-23-13-18(14-28(3,4)5)12-21-25(23)27(30(6)15-29-21)24(17(16)2)26(20)31/h7-13,15H,14H2,1-6H3/q+1. The maximum absolute atomic E-state index is 4.88. The fraction of sp³-hybridized carbons (Fsp3) is 0.286. The van der Waals surface area contributed by atoms with E-state index in [-0.39, 0.29) is 5.41 Å². The van der Waals surface area contributed by atoms with Gasteiger partial charge < -0.3 is 4.40 Å². The Balaban J connectivity index is 1.99. The van der Waals surface area contributed by atoms with Crippen LogP contribution >= 0.6 is 0 Å². The minimum Gasteiger partial charge on any atom is -0.308 e. The van der Waals surface area contributed by atoms with Crippen LogP contribution in [-0.2, 0) is 13.5 Å². The van der Waals surface area contributed by atoms with E-state index >= 15 is 0 Å². The molecule has 0 aliphatic heterocycles. The molecule has 6 rings (SSSR count). The van der Waals surface area contributed by atoms with Crippen LogP contribution in [0.5, 0.6) is 0 Å². The Kier molecular flexibility index (Phi) is 3.56. The van der Waals surface area contributed by atoms with E-state index in [4.69, 9.17) is 4.98 Å². The number of hydrogen-bond acceptors (Lipinski definition) is 1. The molecule has 31 heavy (non-hydrogen) atoms. The van der Waals surface area contributed by atoms with Gasteiger partial charge in [0, 0.05) is 10.8 Å². The average molecular weight is 407 g/mol. The molecule has 0 atom stereocenters. The van der Waals surface area contributed by atoms with E-state index < -0.39 is 0 Å². The van der Waals surface area contributed by atoms with Gasteiger partial charge in [0.05, 0.1) is 34.4 Å². The van der Waals surface area contributed by atoms with Crippen molar-refractivity contribution in [2.24, 2.45) is 12.5 Å². The quantitative estimate of drug-likeness (QED) is 0.175. The predicted octanol–water partition coefficient (Wildman–Crippen LogP) is 6.41. The van der Waals surface area contributed by atoms with Crippen LogP contribution in [0.25, 0.3) is 49.1 Å². The highest BCUT2D eigenvalue weighted by molar-refractivity contribution is 6.25. The number of hydrogen-bond donors (Lipinski definition) is 0. The fourth-order valence-electron chi connectivity index (χ4n) is 5.48. The summed E-state index contributed by atoms with van der Waals surface area (Å²) >= 11 is 0. The molecule has 0 fully saturated rings. The molecule has 3 heteroatoms. The van der Waals surface area contributed by atoms with Crippen LogP contribution in [0.3, 0.4) is 0 Å². The van der Waals surface area contributed by atoms with E-state index in [9.17, 15) is 0 Å². The van der Waals surface area contributed by atoms with Crippen LogP contribution in [0, 0.1) is 19.3 Å². The second-order valence-corrected chi connectivity index (χ2v) is 10.4. The van der Waals surface area contributed by atoms with Gasteiger partial charge in [0.15, 0.2) is 5.52 Å². The molecule has 0 saturated heterocycles. The van der Waals surface area contributed by atoms with Crippen LogP contribution < -0.4 is 4.57 Å². The van der Waals surface area contributed by atoms with Crippen molar-refractivity contribution in [1.82, 2.24) is 9.38 Å². The van der Waals surface area contributed by atoms with Crippen LogP contribution in [0.15, 0.2) is 48.8 Å². The molecule has 0 bridgehead atoms. The van der Waals surface area contributed by atoms with E-state index in [1.807, 2.05) is 6.33 Å². The van der Waals surface area contributed by atoms with Crippen LogP contribution in [0.2, 0.25) is 0 Å². The normalized spacial score (nSPS) is 13.0. The molecule has 6 aromatic rings. The number of rotatable bonds is 1. The number of benzene rings is 3. The van der Waals surface area contributed by atoms with Crippen LogP contribution in [0.4, 0.5) is 0 Å². The van der Waals surface area contributed by atoms with Crippen molar-refractivity contribution in [3.05, 3.63) is 65.5 Å². The highest BCUT2D eigenvalue weighted by atomic mass is 15.0. The minimum atomic E-state index is 0.219. The summed E-state index contributed by atoms with van der Waals surface area (Å²) < 4.78 is 4.70. The summed E-state index contributed by atoms with van der Waals surface area (Å²) in [6.07, 6.45) is 3.00. The SMILES string of the molecule is Cc1cc2c3ccccc3n3c4cc(CC(C)(C)C)cc5nc[n+](C)c(c(c1C)c23)c54. The molecule has 0 amide bonds. The van der Waals surface area contributed by atoms with Gasteiger partial charge in [-0.25, -0.2) is 4.57 Å². The lowest BCUT2D eigenvalue weighted by Gasteiger charge is -2.19. The smallest absolute Gasteiger partial charge is 0.287 e. The number of fused-ring (bicyclic) bond motifs is 5. The first kappa shape index (κ1) is 18.6. The summed E-state index contributed by atoms with van der Waals surface area (Å²) in [5, 5.41) is 5.26. The summed E-state index contributed by atoms with van der Waals surface area (Å²) in [5.74, 6) is 0. The lowest BCUT2D eigenvalue weighted by atomic mass is 9.87. The van der Waals surface area contributed by atoms with Crippen LogP contribution in [-0.4, -0.2) is 9.38 Å². The number of aromatic nitrogens is 3. The topological polar surface area (TPSA) is 21.2 Å². The van der Waals surface area contributed by atoms with Crippen molar-refractivity contribution in [2.45, 2.75) is 41.0 Å². The third kappa shape index (κ3) is 2.46. The number of pyridine rings is 1. The highest BCUT2D eigenvalue weighted by Gasteiger charge is 2.25. The molecular weight excluding hydrogens is 378 g/mol. The minimum absolute atomic E-state index is 0.219. The molecule has 3 aromatic carbocycles. The average Bonchev–Trinajstić information content (AvgIpc) is 3.03. The maximum atomic E-state index is 4.88. The molecule has 154 valence electrons. The van der Waals surface area contributed by atoms with Crippen molar-refractivity contribution in [3.63, 3.8) is 0 Å². The van der Waals surface area contributed by atoms with Crippen molar-refractivity contribution in [2.75, 3.05) is 0 Å². The van der Waals surface area contributed by atoms with E-state index in [2.05, 4.69) is 93.1 Å². The van der Waals surface area contributed by atoms with Crippen molar-refractivity contribution < 1.29 is 4.57 Å². The predicted molar refractivity (Wildman–Crippen MR) is 130 cm³/mol. The van der Waals surface area contributed by atoms with Crippen molar-refractivity contribution in [1.29, 1.82) is 0 Å². The van der Waals surface area contributed by atoms with Gasteiger partial charge in [-0.3, -0.25) is 0 Å². The van der Waals surface area contributed by atoms with E-state index in [0.717, 1.165) is 11.9 Å². The Morgan fingerprint density at radius 3 is 2.48 bits per heavy atom. The lowest BCUT2D eigenvalue weighted by molar-refractivity contribution is -0.646. The molecule has 0 N–H and O–H groups in total. The summed E-state index contributed by atoms with van der Waals surface area (Å²) in [7, 11) is 2.13. The summed E-state index contributed by atoms with van der Waals surface area (Å²) in [5.41, 5.74) is 10.5. The van der Waals surface area contributed by atoms with Gasteiger partial charge >= 0.3 is 0 Å². The third-order valence-electron chi connectivity index (χ3n) is 6.81. The second-order valence-electron chi connectivity index (χ2n) is 10.4. The zero-order valence-electron chi connectivity index (χ0n) is 19.2. The Labute approximate surface area is 182 Å². The molecule has 0 radical (unpaired) electrons. The van der Waals surface area contributed by atoms with Crippen LogP contribution in [0.1, 0.15) is 37.5 Å². The molecule has 3 nitrogen and oxygen atoms in total. The molecule has 0 saturated carbocycles. The molecule has 0 spiro atoms. The summed E-state index contributed by atoms with van der Waals surface area (Å²) in [6.45, 7) is 11.4. The first-order valence-corrected chi connectivity index (χ1v) is 11.1. The van der Waals surface area contributed by atoms with Gasteiger partial charge in [-0.2, -0.15) is 0 Å². The number of nitrogens with zero attached hydrogens (tertiary/aromatic N) is 3. The second kappa shape index (κ2) is 5.94. The maximum Gasteiger partial charge on any atom is 0.287 e. The van der Waals surface area contributed by atoms with E-state index in [1.54, 1.807) is 0 Å². The van der Waals surface area contributed by atoms with Crippen molar-refractivity contribution in [3.8, 4) is 0 Å². The van der Waals surface area contributed by atoms with Gasteiger partial charge in [0.2, 0.25) is 0 Å². The first-order valence-electron chi connectivity index (χ1n) is 11.1. The zero-order valence-corrected chi connectivity index (χ0v) is 19.2. The van der Waals surface area contributed by atoms with Gasteiger partial charge in [0.25, 0.3) is 6.33 Å².